The normalized spacial score (nSPS) is 17.5. The molecule has 0 spiro atoms. The van der Waals surface area contributed by atoms with E-state index >= 15 is 0 Å². The van der Waals surface area contributed by atoms with E-state index in [4.69, 9.17) is 0 Å². The molecule has 1 unspecified atom stereocenters. The number of fused-ring (bicyclic) bond motifs is 1. The van der Waals surface area contributed by atoms with Gasteiger partial charge in [-0.3, -0.25) is 9.59 Å². The maximum absolute atomic E-state index is 13.6. The van der Waals surface area contributed by atoms with Crippen molar-refractivity contribution < 1.29 is 18.0 Å². The van der Waals surface area contributed by atoms with Gasteiger partial charge in [-0.15, -0.1) is 11.3 Å². The number of nitrogens with zero attached hydrogens (tertiary/aromatic N) is 2. The van der Waals surface area contributed by atoms with Crippen molar-refractivity contribution >= 4 is 66.2 Å². The quantitative estimate of drug-likeness (QED) is 0.254. The molecule has 7 rings (SSSR count). The Kier molecular flexibility index (Phi) is 6.41. The lowest BCUT2D eigenvalue weighted by Crippen LogP contribution is -2.49. The second-order valence-electron chi connectivity index (χ2n) is 10.5. The van der Waals surface area contributed by atoms with Crippen LogP contribution in [0.5, 0.6) is 0 Å². The molecule has 4 heterocycles. The number of aromatic nitrogens is 1. The molecule has 2 amide bonds. The molecule has 208 valence electrons. The van der Waals surface area contributed by atoms with Crippen LogP contribution in [0.4, 0.5) is 11.4 Å². The first-order valence-electron chi connectivity index (χ1n) is 13.7. The molecule has 1 fully saturated rings. The Morgan fingerprint density at radius 3 is 2.71 bits per heavy atom. The number of sulfonamides is 1. The molecule has 0 radical (unpaired) electrons. The summed E-state index contributed by atoms with van der Waals surface area (Å²) in [5.74, 6) is -0.416. The molecule has 1 atom stereocenters. The second kappa shape index (κ2) is 10.1. The second-order valence-corrected chi connectivity index (χ2v) is 13.5. The van der Waals surface area contributed by atoms with E-state index < -0.39 is 16.1 Å². The fraction of sp³-hybridized carbons (Fsp3) is 0.226. The van der Waals surface area contributed by atoms with Gasteiger partial charge in [0.2, 0.25) is 5.91 Å². The number of aromatic amines is 1. The molecular weight excluding hydrogens is 556 g/mol. The molecule has 8 nitrogen and oxygen atoms in total. The summed E-state index contributed by atoms with van der Waals surface area (Å²) in [6, 6.07) is 19.8. The maximum Gasteiger partial charge on any atom is 0.259 e. The van der Waals surface area contributed by atoms with E-state index in [-0.39, 0.29) is 16.0 Å². The minimum Gasteiger partial charge on any atom is -0.361 e. The minimum atomic E-state index is -3.77. The smallest absolute Gasteiger partial charge is 0.259 e. The van der Waals surface area contributed by atoms with Crippen LogP contribution in [-0.4, -0.2) is 48.7 Å². The van der Waals surface area contributed by atoms with Gasteiger partial charge >= 0.3 is 0 Å². The molecule has 0 aliphatic carbocycles. The van der Waals surface area contributed by atoms with Crippen molar-refractivity contribution in [3.05, 3.63) is 89.4 Å². The van der Waals surface area contributed by atoms with E-state index in [0.717, 1.165) is 50.7 Å². The van der Waals surface area contributed by atoms with Gasteiger partial charge in [0.05, 0.1) is 5.69 Å². The third-order valence-corrected chi connectivity index (χ3v) is 11.4. The summed E-state index contributed by atoms with van der Waals surface area (Å²) in [6.07, 6.45) is 4.64. The number of rotatable bonds is 7. The molecular formula is C31H28N4O4S2. The lowest BCUT2D eigenvalue weighted by atomic mass is 10.0. The van der Waals surface area contributed by atoms with Crippen molar-refractivity contribution in [2.75, 3.05) is 23.3 Å². The van der Waals surface area contributed by atoms with Crippen LogP contribution in [0, 0.1) is 0 Å². The van der Waals surface area contributed by atoms with Gasteiger partial charge in [-0.05, 0) is 60.5 Å². The van der Waals surface area contributed by atoms with Gasteiger partial charge in [0.1, 0.15) is 10.3 Å². The van der Waals surface area contributed by atoms with Crippen LogP contribution >= 0.6 is 11.3 Å². The van der Waals surface area contributed by atoms with E-state index in [9.17, 15) is 18.0 Å². The maximum atomic E-state index is 13.6. The zero-order valence-electron chi connectivity index (χ0n) is 22.2. The van der Waals surface area contributed by atoms with Crippen molar-refractivity contribution in [1.29, 1.82) is 0 Å². The number of benzene rings is 3. The highest BCUT2D eigenvalue weighted by atomic mass is 32.2. The Balaban J connectivity index is 1.16. The van der Waals surface area contributed by atoms with Crippen LogP contribution < -0.4 is 10.2 Å². The average molecular weight is 585 g/mol. The van der Waals surface area contributed by atoms with E-state index in [1.165, 1.54) is 4.31 Å². The average Bonchev–Trinajstić information content (AvgIpc) is 3.74. The van der Waals surface area contributed by atoms with Gasteiger partial charge in [0.15, 0.2) is 0 Å². The molecule has 2 aromatic heterocycles. The fourth-order valence-corrected chi connectivity index (χ4v) is 8.92. The van der Waals surface area contributed by atoms with Crippen molar-refractivity contribution in [2.24, 2.45) is 0 Å². The SMILES string of the molecule is O=C(Nc1ccc2c3c(cccc13)C(=O)N2CCc1c[nH]c2ccccc12)C1CCCCN1S(=O)(=O)c1cccs1. The third-order valence-electron chi connectivity index (χ3n) is 8.14. The van der Waals surface area contributed by atoms with Gasteiger partial charge in [0.25, 0.3) is 15.9 Å². The Bertz CT molecular complexity index is 1910. The summed E-state index contributed by atoms with van der Waals surface area (Å²) in [5, 5.41) is 7.46. The Morgan fingerprint density at radius 2 is 1.85 bits per heavy atom. The van der Waals surface area contributed by atoms with E-state index in [0.29, 0.717) is 43.6 Å². The van der Waals surface area contributed by atoms with Crippen molar-refractivity contribution in [3.8, 4) is 0 Å². The number of hydrogen-bond donors (Lipinski definition) is 2. The predicted molar refractivity (Wildman–Crippen MR) is 162 cm³/mol. The monoisotopic (exact) mass is 584 g/mol. The van der Waals surface area contributed by atoms with Gasteiger partial charge in [-0.1, -0.05) is 42.8 Å². The molecule has 2 aliphatic heterocycles. The molecule has 0 saturated carbocycles. The first kappa shape index (κ1) is 25.9. The molecule has 5 aromatic rings. The lowest BCUT2D eigenvalue weighted by Gasteiger charge is -2.33. The minimum absolute atomic E-state index is 0.0607. The Labute approximate surface area is 241 Å². The summed E-state index contributed by atoms with van der Waals surface area (Å²) in [7, 11) is -3.77. The number of hydrogen-bond acceptors (Lipinski definition) is 5. The summed E-state index contributed by atoms with van der Waals surface area (Å²) >= 11 is 1.16. The topological polar surface area (TPSA) is 103 Å². The number of anilines is 2. The molecule has 3 aromatic carbocycles. The summed E-state index contributed by atoms with van der Waals surface area (Å²) in [6.45, 7) is 0.829. The standard InChI is InChI=1S/C31H28N4O4S2/c36-30(27-11-3-4-16-35(27)41(38,39)28-12-6-18-40-28)33-25-13-14-26-29-22(25)8-5-9-23(29)31(37)34(26)17-15-20-19-32-24-10-2-1-7-21(20)24/h1-2,5-10,12-14,18-19,27,32H,3-4,11,15-17H2,(H,33,36). The van der Waals surface area contributed by atoms with Crippen LogP contribution in [0.1, 0.15) is 35.2 Å². The van der Waals surface area contributed by atoms with E-state index in [2.05, 4.69) is 16.4 Å². The van der Waals surface area contributed by atoms with Crippen molar-refractivity contribution in [3.63, 3.8) is 0 Å². The van der Waals surface area contributed by atoms with Gasteiger partial charge < -0.3 is 15.2 Å². The van der Waals surface area contributed by atoms with Crippen LogP contribution in [0.2, 0.25) is 0 Å². The number of amides is 2. The van der Waals surface area contributed by atoms with Gasteiger partial charge in [0, 0.05) is 52.2 Å². The number of piperidine rings is 1. The fourth-order valence-electron chi connectivity index (χ4n) is 6.14. The van der Waals surface area contributed by atoms with Crippen LogP contribution in [0.3, 0.4) is 0 Å². The predicted octanol–water partition coefficient (Wildman–Crippen LogP) is 5.77. The highest BCUT2D eigenvalue weighted by Gasteiger charge is 2.38. The molecule has 2 N–H and O–H groups in total. The Hall–Kier alpha value is -3.99. The first-order chi connectivity index (χ1) is 19.9. The summed E-state index contributed by atoms with van der Waals surface area (Å²) in [4.78, 5) is 32.2. The van der Waals surface area contributed by atoms with Crippen molar-refractivity contribution in [2.45, 2.75) is 35.9 Å². The largest absolute Gasteiger partial charge is 0.361 e. The third kappa shape index (κ3) is 4.34. The number of para-hydroxylation sites is 1. The van der Waals surface area contributed by atoms with Crippen LogP contribution in [-0.2, 0) is 21.2 Å². The molecule has 41 heavy (non-hydrogen) atoms. The highest BCUT2D eigenvalue weighted by molar-refractivity contribution is 7.91. The number of H-pyrrole nitrogens is 1. The first-order valence-corrected chi connectivity index (χ1v) is 16.0. The zero-order valence-corrected chi connectivity index (χ0v) is 23.8. The van der Waals surface area contributed by atoms with Crippen LogP contribution in [0.25, 0.3) is 21.7 Å². The summed E-state index contributed by atoms with van der Waals surface area (Å²) < 4.78 is 28.2. The van der Waals surface area contributed by atoms with E-state index in [1.807, 2.05) is 59.6 Å². The number of carbonyl (C=O) groups excluding carboxylic acids is 2. The zero-order chi connectivity index (χ0) is 28.1. The molecule has 1 saturated heterocycles. The Morgan fingerprint density at radius 1 is 1.00 bits per heavy atom. The lowest BCUT2D eigenvalue weighted by molar-refractivity contribution is -0.120. The van der Waals surface area contributed by atoms with Gasteiger partial charge in [-0.25, -0.2) is 8.42 Å². The van der Waals surface area contributed by atoms with Crippen molar-refractivity contribution in [1.82, 2.24) is 9.29 Å². The number of thiophene rings is 1. The van der Waals surface area contributed by atoms with E-state index in [1.54, 1.807) is 17.5 Å². The molecule has 10 heteroatoms. The number of nitrogens with one attached hydrogen (secondary N) is 2. The van der Waals surface area contributed by atoms with Gasteiger partial charge in [-0.2, -0.15) is 4.31 Å². The highest BCUT2D eigenvalue weighted by Crippen LogP contribution is 2.41. The summed E-state index contributed by atoms with van der Waals surface area (Å²) in [5.41, 5.74) is 4.21. The van der Waals surface area contributed by atoms with Crippen LogP contribution in [0.15, 0.2) is 82.5 Å². The molecule has 0 bridgehead atoms. The number of carbonyl (C=O) groups is 2. The molecule has 2 aliphatic rings.